The van der Waals surface area contributed by atoms with Gasteiger partial charge in [-0.1, -0.05) is 19.8 Å². The van der Waals surface area contributed by atoms with Crippen molar-refractivity contribution in [3.05, 3.63) is 0 Å². The van der Waals surface area contributed by atoms with Crippen molar-refractivity contribution in [1.82, 2.24) is 10.6 Å². The minimum Gasteiger partial charge on any atom is -0.392 e. The number of hydrogen-bond donors (Lipinski definition) is 3. The second-order valence-corrected chi connectivity index (χ2v) is 8.44. The Morgan fingerprint density at radius 3 is 2.67 bits per heavy atom. The highest BCUT2D eigenvalue weighted by Crippen LogP contribution is 2.35. The van der Waals surface area contributed by atoms with E-state index in [0.717, 1.165) is 44.9 Å². The minimum absolute atomic E-state index is 0.0382. The van der Waals surface area contributed by atoms with Crippen LogP contribution in [-0.2, 0) is 0 Å². The minimum atomic E-state index is -0.204. The second-order valence-electron chi connectivity index (χ2n) is 6.93. The number of aliphatic imine (C=N–C) groups is 1. The Labute approximate surface area is 134 Å². The van der Waals surface area contributed by atoms with Crippen molar-refractivity contribution in [3.63, 3.8) is 0 Å². The fourth-order valence-corrected chi connectivity index (χ4v) is 2.74. The van der Waals surface area contributed by atoms with Crippen molar-refractivity contribution in [2.24, 2.45) is 10.4 Å². The summed E-state index contributed by atoms with van der Waals surface area (Å²) in [4.78, 5) is 4.69. The molecule has 0 aromatic rings. The lowest BCUT2D eigenvalue weighted by Gasteiger charge is -2.38. The average Bonchev–Trinajstić information content (AvgIpc) is 2.45. The standard InChI is InChI=1S/C16H33N3OS/c1-6-17-14(18-11-15(2,3)21-5)19-12-16(4)10-8-7-9-13(16)20/h13,20H,6-12H2,1-5H3,(H2,17,18,19). The Balaban J connectivity index is 2.59. The van der Waals surface area contributed by atoms with Gasteiger partial charge in [-0.15, -0.1) is 0 Å². The predicted molar refractivity (Wildman–Crippen MR) is 94.2 cm³/mol. The van der Waals surface area contributed by atoms with Crippen LogP contribution in [0.4, 0.5) is 0 Å². The number of nitrogens with one attached hydrogen (secondary N) is 2. The third kappa shape index (κ3) is 6.07. The van der Waals surface area contributed by atoms with Gasteiger partial charge in [0.15, 0.2) is 5.96 Å². The Kier molecular flexibility index (Phi) is 7.34. The van der Waals surface area contributed by atoms with Crippen molar-refractivity contribution in [2.75, 3.05) is 25.9 Å². The van der Waals surface area contributed by atoms with Gasteiger partial charge < -0.3 is 15.7 Å². The van der Waals surface area contributed by atoms with Gasteiger partial charge in [0, 0.05) is 23.3 Å². The van der Waals surface area contributed by atoms with Crippen LogP contribution in [-0.4, -0.2) is 47.8 Å². The Morgan fingerprint density at radius 1 is 1.38 bits per heavy atom. The van der Waals surface area contributed by atoms with E-state index in [4.69, 9.17) is 0 Å². The molecule has 2 unspecified atom stereocenters. The van der Waals surface area contributed by atoms with E-state index in [9.17, 15) is 5.11 Å². The first-order valence-electron chi connectivity index (χ1n) is 8.08. The van der Waals surface area contributed by atoms with Gasteiger partial charge in [-0.2, -0.15) is 11.8 Å². The van der Waals surface area contributed by atoms with Gasteiger partial charge >= 0.3 is 0 Å². The van der Waals surface area contributed by atoms with Crippen LogP contribution in [0.25, 0.3) is 0 Å². The maximum absolute atomic E-state index is 10.3. The summed E-state index contributed by atoms with van der Waals surface area (Å²) in [7, 11) is 0. The van der Waals surface area contributed by atoms with Gasteiger partial charge in [0.05, 0.1) is 12.6 Å². The van der Waals surface area contributed by atoms with E-state index >= 15 is 0 Å². The lowest BCUT2D eigenvalue weighted by atomic mass is 9.73. The zero-order chi connectivity index (χ0) is 15.9. The van der Waals surface area contributed by atoms with Crippen LogP contribution >= 0.6 is 11.8 Å². The fourth-order valence-electron chi connectivity index (χ4n) is 2.55. The monoisotopic (exact) mass is 315 g/mol. The molecule has 124 valence electrons. The summed E-state index contributed by atoms with van der Waals surface area (Å²) < 4.78 is 0.149. The quantitative estimate of drug-likeness (QED) is 0.521. The summed E-state index contributed by atoms with van der Waals surface area (Å²) in [6, 6.07) is 0. The first-order chi connectivity index (χ1) is 9.83. The van der Waals surface area contributed by atoms with Crippen molar-refractivity contribution in [3.8, 4) is 0 Å². The molecule has 0 radical (unpaired) electrons. The zero-order valence-corrected chi connectivity index (χ0v) is 15.1. The average molecular weight is 316 g/mol. The maximum atomic E-state index is 10.3. The Bertz CT molecular complexity index is 346. The van der Waals surface area contributed by atoms with Gasteiger partial charge in [-0.05, 0) is 39.9 Å². The number of aliphatic hydroxyl groups is 1. The number of guanidine groups is 1. The highest BCUT2D eigenvalue weighted by molar-refractivity contribution is 7.99. The molecule has 3 N–H and O–H groups in total. The molecule has 4 nitrogen and oxygen atoms in total. The van der Waals surface area contributed by atoms with E-state index in [1.165, 1.54) is 6.42 Å². The summed E-state index contributed by atoms with van der Waals surface area (Å²) in [6.07, 6.45) is 6.27. The maximum Gasteiger partial charge on any atom is 0.191 e. The summed E-state index contributed by atoms with van der Waals surface area (Å²) in [5.74, 6) is 0.860. The van der Waals surface area contributed by atoms with Gasteiger partial charge in [0.1, 0.15) is 0 Å². The topological polar surface area (TPSA) is 56.7 Å². The highest BCUT2D eigenvalue weighted by Gasteiger charge is 2.35. The number of hydrogen-bond acceptors (Lipinski definition) is 3. The zero-order valence-electron chi connectivity index (χ0n) is 14.3. The van der Waals surface area contributed by atoms with E-state index in [2.05, 4.69) is 49.6 Å². The van der Waals surface area contributed by atoms with E-state index in [1.807, 2.05) is 11.8 Å². The number of aliphatic hydroxyl groups excluding tert-OH is 1. The molecule has 2 atom stereocenters. The molecule has 0 aliphatic heterocycles. The Hall–Kier alpha value is -0.420. The van der Waals surface area contributed by atoms with Crippen molar-refractivity contribution < 1.29 is 5.11 Å². The molecule has 0 spiro atoms. The summed E-state index contributed by atoms with van der Waals surface area (Å²) >= 11 is 1.83. The van der Waals surface area contributed by atoms with Gasteiger partial charge in [-0.25, -0.2) is 0 Å². The van der Waals surface area contributed by atoms with Gasteiger partial charge in [-0.3, -0.25) is 4.99 Å². The van der Waals surface area contributed by atoms with Crippen molar-refractivity contribution in [1.29, 1.82) is 0 Å². The molecule has 1 fully saturated rings. The lowest BCUT2D eigenvalue weighted by Crippen LogP contribution is -2.48. The smallest absolute Gasteiger partial charge is 0.191 e. The van der Waals surface area contributed by atoms with Crippen molar-refractivity contribution in [2.45, 2.75) is 64.2 Å². The fraction of sp³-hybridized carbons (Fsp3) is 0.938. The van der Waals surface area contributed by atoms with E-state index in [0.29, 0.717) is 0 Å². The van der Waals surface area contributed by atoms with Crippen LogP contribution in [0, 0.1) is 5.41 Å². The van der Waals surface area contributed by atoms with Crippen LogP contribution in [0.15, 0.2) is 4.99 Å². The SMILES string of the molecule is CCNC(=NCC(C)(C)SC)NCC1(C)CCCCC1O. The first kappa shape index (κ1) is 18.6. The number of nitrogens with zero attached hydrogens (tertiary/aromatic N) is 1. The van der Waals surface area contributed by atoms with Crippen LogP contribution in [0.1, 0.15) is 53.4 Å². The largest absolute Gasteiger partial charge is 0.392 e. The van der Waals surface area contributed by atoms with Crippen LogP contribution in [0.2, 0.25) is 0 Å². The third-order valence-corrected chi connectivity index (χ3v) is 5.69. The second kappa shape index (κ2) is 8.28. The predicted octanol–water partition coefficient (Wildman–Crippen LogP) is 2.62. The molecule has 21 heavy (non-hydrogen) atoms. The van der Waals surface area contributed by atoms with E-state index < -0.39 is 0 Å². The molecular formula is C16H33N3OS. The van der Waals surface area contributed by atoms with E-state index in [1.54, 1.807) is 0 Å². The molecular weight excluding hydrogens is 282 g/mol. The normalized spacial score (nSPS) is 27.5. The molecule has 0 aromatic heterocycles. The highest BCUT2D eigenvalue weighted by atomic mass is 32.2. The van der Waals surface area contributed by atoms with Crippen LogP contribution in [0.5, 0.6) is 0 Å². The third-order valence-electron chi connectivity index (χ3n) is 4.45. The van der Waals surface area contributed by atoms with Crippen molar-refractivity contribution >= 4 is 17.7 Å². The molecule has 0 amide bonds. The molecule has 1 aliphatic rings. The molecule has 1 saturated carbocycles. The first-order valence-corrected chi connectivity index (χ1v) is 9.31. The van der Waals surface area contributed by atoms with Gasteiger partial charge in [0.25, 0.3) is 0 Å². The number of rotatable bonds is 6. The Morgan fingerprint density at radius 2 is 2.10 bits per heavy atom. The summed E-state index contributed by atoms with van der Waals surface area (Å²) in [5.41, 5.74) is -0.0382. The van der Waals surface area contributed by atoms with Gasteiger partial charge in [0.2, 0.25) is 0 Å². The van der Waals surface area contributed by atoms with Crippen LogP contribution in [0.3, 0.4) is 0 Å². The van der Waals surface area contributed by atoms with Crippen LogP contribution < -0.4 is 10.6 Å². The molecule has 0 aromatic carbocycles. The summed E-state index contributed by atoms with van der Waals surface area (Å²) in [6.45, 7) is 11.1. The molecule has 1 aliphatic carbocycles. The molecule has 5 heteroatoms. The number of thioether (sulfide) groups is 1. The molecule has 1 rings (SSSR count). The molecule has 0 saturated heterocycles. The summed E-state index contributed by atoms with van der Waals surface area (Å²) in [5, 5.41) is 17.0. The van der Waals surface area contributed by atoms with E-state index in [-0.39, 0.29) is 16.3 Å². The molecule has 0 bridgehead atoms. The molecule has 0 heterocycles. The lowest BCUT2D eigenvalue weighted by molar-refractivity contribution is 0.00397.